The Hall–Kier alpha value is -1.32. The topological polar surface area (TPSA) is 55.1 Å². The quantitative estimate of drug-likeness (QED) is 0.797. The van der Waals surface area contributed by atoms with Gasteiger partial charge in [0.15, 0.2) is 5.69 Å². The van der Waals surface area contributed by atoms with E-state index in [0.29, 0.717) is 5.92 Å². The molecule has 1 N–H and O–H groups in total. The Kier molecular flexibility index (Phi) is 1.87. The molecule has 1 aliphatic carbocycles. The number of aromatic nitrogens is 2. The van der Waals surface area contributed by atoms with E-state index in [-0.39, 0.29) is 11.2 Å². The molecule has 0 aliphatic heterocycles. The summed E-state index contributed by atoms with van der Waals surface area (Å²) in [6, 6.07) is 0. The number of hydrogen-bond acceptors (Lipinski definition) is 2. The summed E-state index contributed by atoms with van der Waals surface area (Å²) in [5, 5.41) is 8.74. The Morgan fingerprint density at radius 1 is 1.64 bits per heavy atom. The Labute approximate surface area is 82.6 Å². The van der Waals surface area contributed by atoms with E-state index < -0.39 is 5.97 Å². The van der Waals surface area contributed by atoms with E-state index in [1.807, 2.05) is 4.57 Å². The number of nitrogens with zero attached hydrogens (tertiary/aromatic N) is 2. The van der Waals surface area contributed by atoms with Crippen molar-refractivity contribution >= 4 is 5.97 Å². The van der Waals surface area contributed by atoms with E-state index in [1.165, 1.54) is 12.8 Å². The molecule has 0 atom stereocenters. The van der Waals surface area contributed by atoms with Crippen LogP contribution < -0.4 is 0 Å². The third-order valence-electron chi connectivity index (χ3n) is 3.04. The third kappa shape index (κ3) is 1.41. The first-order valence-electron chi connectivity index (χ1n) is 4.79. The molecule has 2 rings (SSSR count). The van der Waals surface area contributed by atoms with Gasteiger partial charge in [-0.15, -0.1) is 0 Å². The molecule has 76 valence electrons. The van der Waals surface area contributed by atoms with Gasteiger partial charge in [0.2, 0.25) is 0 Å². The van der Waals surface area contributed by atoms with Crippen LogP contribution >= 0.6 is 0 Å². The number of carbonyl (C=O) groups is 1. The zero-order valence-electron chi connectivity index (χ0n) is 8.40. The SMILES string of the molecule is CC(C)(C1CC1)n1cnc(C(=O)O)c1. The highest BCUT2D eigenvalue weighted by molar-refractivity contribution is 5.84. The van der Waals surface area contributed by atoms with Crippen LogP contribution in [0.2, 0.25) is 0 Å². The molecule has 1 aromatic heterocycles. The van der Waals surface area contributed by atoms with Crippen molar-refractivity contribution in [1.29, 1.82) is 0 Å². The fourth-order valence-corrected chi connectivity index (χ4v) is 1.75. The molecule has 0 unspecified atom stereocenters. The van der Waals surface area contributed by atoms with Gasteiger partial charge in [0.25, 0.3) is 0 Å². The summed E-state index contributed by atoms with van der Waals surface area (Å²) in [6.45, 7) is 4.25. The predicted octanol–water partition coefficient (Wildman–Crippen LogP) is 1.73. The molecule has 0 spiro atoms. The van der Waals surface area contributed by atoms with Gasteiger partial charge in [-0.1, -0.05) is 0 Å². The lowest BCUT2D eigenvalue weighted by atomic mass is 9.99. The largest absolute Gasteiger partial charge is 0.476 e. The number of rotatable bonds is 3. The summed E-state index contributed by atoms with van der Waals surface area (Å²) >= 11 is 0. The summed E-state index contributed by atoms with van der Waals surface area (Å²) in [5.74, 6) is -0.298. The van der Waals surface area contributed by atoms with E-state index in [9.17, 15) is 4.79 Å². The van der Waals surface area contributed by atoms with Crippen molar-refractivity contribution in [3.63, 3.8) is 0 Å². The zero-order chi connectivity index (χ0) is 10.3. The molecule has 0 bridgehead atoms. The maximum atomic E-state index is 10.7. The zero-order valence-corrected chi connectivity index (χ0v) is 8.40. The highest BCUT2D eigenvalue weighted by Gasteiger charge is 2.39. The minimum absolute atomic E-state index is 0.000694. The van der Waals surface area contributed by atoms with Gasteiger partial charge < -0.3 is 9.67 Å². The summed E-state index contributed by atoms with van der Waals surface area (Å²) in [4.78, 5) is 14.5. The van der Waals surface area contributed by atoms with Crippen molar-refractivity contribution in [3.05, 3.63) is 18.2 Å². The first-order valence-corrected chi connectivity index (χ1v) is 4.79. The highest BCUT2D eigenvalue weighted by atomic mass is 16.4. The van der Waals surface area contributed by atoms with Gasteiger partial charge >= 0.3 is 5.97 Å². The maximum Gasteiger partial charge on any atom is 0.356 e. The van der Waals surface area contributed by atoms with Crippen molar-refractivity contribution in [2.45, 2.75) is 32.2 Å². The minimum atomic E-state index is -0.963. The van der Waals surface area contributed by atoms with Crippen molar-refractivity contribution in [2.75, 3.05) is 0 Å². The fraction of sp³-hybridized carbons (Fsp3) is 0.600. The van der Waals surface area contributed by atoms with Gasteiger partial charge in [-0.2, -0.15) is 0 Å². The molecule has 1 fully saturated rings. The Morgan fingerprint density at radius 3 is 2.71 bits per heavy atom. The summed E-state index contributed by atoms with van der Waals surface area (Å²) < 4.78 is 1.91. The van der Waals surface area contributed by atoms with Crippen LogP contribution in [0.3, 0.4) is 0 Å². The fourth-order valence-electron chi connectivity index (χ4n) is 1.75. The Bertz CT molecular complexity index is 364. The van der Waals surface area contributed by atoms with Crippen LogP contribution in [0.5, 0.6) is 0 Å². The molecule has 0 radical (unpaired) electrons. The molecule has 1 aromatic rings. The molecule has 1 heterocycles. The van der Waals surface area contributed by atoms with Crippen LogP contribution in [-0.4, -0.2) is 20.6 Å². The van der Waals surface area contributed by atoms with Gasteiger partial charge in [0.05, 0.1) is 6.33 Å². The van der Waals surface area contributed by atoms with E-state index in [1.54, 1.807) is 12.5 Å². The molecular weight excluding hydrogens is 180 g/mol. The third-order valence-corrected chi connectivity index (χ3v) is 3.04. The van der Waals surface area contributed by atoms with Gasteiger partial charge in [-0.05, 0) is 32.6 Å². The van der Waals surface area contributed by atoms with Crippen molar-refractivity contribution < 1.29 is 9.90 Å². The number of imidazole rings is 1. The van der Waals surface area contributed by atoms with E-state index in [0.717, 1.165) is 0 Å². The van der Waals surface area contributed by atoms with Gasteiger partial charge in [-0.3, -0.25) is 0 Å². The molecular formula is C10H14N2O2. The Morgan fingerprint density at radius 2 is 2.29 bits per heavy atom. The summed E-state index contributed by atoms with van der Waals surface area (Å²) in [7, 11) is 0. The van der Waals surface area contributed by atoms with Crippen LogP contribution in [-0.2, 0) is 5.54 Å². The predicted molar refractivity (Wildman–Crippen MR) is 51.2 cm³/mol. The number of aromatic carboxylic acids is 1. The standard InChI is InChI=1S/C10H14N2O2/c1-10(2,7-3-4-7)12-5-8(9(13)14)11-6-12/h5-7H,3-4H2,1-2H3,(H,13,14). The molecule has 0 saturated heterocycles. The second-order valence-corrected chi connectivity index (χ2v) is 4.40. The van der Waals surface area contributed by atoms with Crippen LogP contribution in [0, 0.1) is 5.92 Å². The molecule has 14 heavy (non-hydrogen) atoms. The number of carboxylic acid groups (broad SMARTS) is 1. The lowest BCUT2D eigenvalue weighted by molar-refractivity contribution is 0.0691. The van der Waals surface area contributed by atoms with Crippen molar-refractivity contribution in [3.8, 4) is 0 Å². The summed E-state index contributed by atoms with van der Waals surface area (Å²) in [6.07, 6.45) is 5.68. The lowest BCUT2D eigenvalue weighted by Gasteiger charge is -2.26. The molecule has 1 saturated carbocycles. The van der Waals surface area contributed by atoms with E-state index in [2.05, 4.69) is 18.8 Å². The maximum absolute atomic E-state index is 10.7. The molecule has 4 nitrogen and oxygen atoms in total. The monoisotopic (exact) mass is 194 g/mol. The van der Waals surface area contributed by atoms with Crippen molar-refractivity contribution in [2.24, 2.45) is 5.92 Å². The smallest absolute Gasteiger partial charge is 0.356 e. The number of carboxylic acids is 1. The van der Waals surface area contributed by atoms with E-state index in [4.69, 9.17) is 5.11 Å². The van der Waals surface area contributed by atoms with Gasteiger partial charge in [0.1, 0.15) is 0 Å². The van der Waals surface area contributed by atoms with Crippen LogP contribution in [0.1, 0.15) is 37.2 Å². The van der Waals surface area contributed by atoms with Crippen LogP contribution in [0.15, 0.2) is 12.5 Å². The second kappa shape index (κ2) is 2.83. The molecule has 4 heteroatoms. The lowest BCUT2D eigenvalue weighted by Crippen LogP contribution is -2.27. The van der Waals surface area contributed by atoms with Gasteiger partial charge in [-0.25, -0.2) is 9.78 Å². The first-order chi connectivity index (χ1) is 6.51. The van der Waals surface area contributed by atoms with E-state index >= 15 is 0 Å². The average molecular weight is 194 g/mol. The number of hydrogen-bond donors (Lipinski definition) is 1. The normalized spacial score (nSPS) is 17.0. The second-order valence-electron chi connectivity index (χ2n) is 4.40. The molecule has 1 aliphatic rings. The highest BCUT2D eigenvalue weighted by Crippen LogP contribution is 2.43. The average Bonchev–Trinajstić information content (AvgIpc) is 2.82. The first kappa shape index (κ1) is 9.24. The van der Waals surface area contributed by atoms with Crippen LogP contribution in [0.25, 0.3) is 0 Å². The van der Waals surface area contributed by atoms with Gasteiger partial charge in [0, 0.05) is 11.7 Å². The minimum Gasteiger partial charge on any atom is -0.476 e. The van der Waals surface area contributed by atoms with Crippen molar-refractivity contribution in [1.82, 2.24) is 9.55 Å². The molecule has 0 aromatic carbocycles. The Balaban J connectivity index is 2.27. The summed E-state index contributed by atoms with van der Waals surface area (Å²) in [5.41, 5.74) is 0.125. The van der Waals surface area contributed by atoms with Crippen LogP contribution in [0.4, 0.5) is 0 Å². The molecule has 0 amide bonds.